The summed E-state index contributed by atoms with van der Waals surface area (Å²) in [7, 11) is 0. The van der Waals surface area contributed by atoms with Gasteiger partial charge in [0.05, 0.1) is 9.26 Å². The number of rotatable bonds is 0. The minimum Gasteiger partial charge on any atom is -0.388 e. The Morgan fingerprint density at radius 2 is 2.38 bits per heavy atom. The fourth-order valence-electron chi connectivity index (χ4n) is 0.376. The first kappa shape index (κ1) is 6.28. The van der Waals surface area contributed by atoms with Crippen molar-refractivity contribution in [1.82, 2.24) is 4.37 Å². The van der Waals surface area contributed by atoms with Gasteiger partial charge in [0.25, 0.3) is 0 Å². The van der Waals surface area contributed by atoms with Gasteiger partial charge in [-0.05, 0) is 41.0 Å². The van der Waals surface area contributed by atoms with Crippen LogP contribution >= 0.6 is 34.1 Å². The van der Waals surface area contributed by atoms with Crippen LogP contribution in [0, 0.1) is 10.5 Å². The standard InChI is InChI=1S/C4H5IN2S/c1-2-3(5)4(6)8-7-2/h6H2,1H3. The van der Waals surface area contributed by atoms with Crippen molar-refractivity contribution in [3.8, 4) is 0 Å². The summed E-state index contributed by atoms with van der Waals surface area (Å²) in [6.07, 6.45) is 0. The normalized spacial score (nSPS) is 9.75. The van der Waals surface area contributed by atoms with Crippen LogP contribution in [0.15, 0.2) is 0 Å². The van der Waals surface area contributed by atoms with Gasteiger partial charge in [-0.15, -0.1) is 0 Å². The van der Waals surface area contributed by atoms with Crippen LogP contribution < -0.4 is 5.73 Å². The Kier molecular flexibility index (Phi) is 1.71. The highest BCUT2D eigenvalue weighted by atomic mass is 127. The lowest BCUT2D eigenvalue weighted by Crippen LogP contribution is -1.81. The molecular weight excluding hydrogens is 235 g/mol. The van der Waals surface area contributed by atoms with Crippen LogP contribution in [0.3, 0.4) is 0 Å². The fraction of sp³-hybridized carbons (Fsp3) is 0.250. The van der Waals surface area contributed by atoms with E-state index in [9.17, 15) is 0 Å². The number of aromatic nitrogens is 1. The Morgan fingerprint density at radius 3 is 2.50 bits per heavy atom. The molecule has 2 nitrogen and oxygen atoms in total. The number of nitrogens with two attached hydrogens (primary N) is 1. The lowest BCUT2D eigenvalue weighted by atomic mass is 10.5. The molecule has 0 saturated heterocycles. The molecule has 0 saturated carbocycles. The Morgan fingerprint density at radius 1 is 1.75 bits per heavy atom. The van der Waals surface area contributed by atoms with Gasteiger partial charge in [0.2, 0.25) is 0 Å². The molecule has 8 heavy (non-hydrogen) atoms. The number of halogens is 1. The Balaban J connectivity index is 3.19. The van der Waals surface area contributed by atoms with E-state index in [-0.39, 0.29) is 0 Å². The quantitative estimate of drug-likeness (QED) is 0.700. The van der Waals surface area contributed by atoms with Crippen LogP contribution in [-0.2, 0) is 0 Å². The first-order valence-electron chi connectivity index (χ1n) is 2.09. The predicted molar refractivity (Wildman–Crippen MR) is 44.0 cm³/mol. The number of nitrogens with zero attached hydrogens (tertiary/aromatic N) is 1. The lowest BCUT2D eigenvalue weighted by molar-refractivity contribution is 1.32. The van der Waals surface area contributed by atoms with Crippen LogP contribution in [0.25, 0.3) is 0 Å². The first-order chi connectivity index (χ1) is 3.72. The van der Waals surface area contributed by atoms with Gasteiger partial charge in [-0.2, -0.15) is 4.37 Å². The average Bonchev–Trinajstić information content (AvgIpc) is 1.98. The van der Waals surface area contributed by atoms with Crippen molar-refractivity contribution in [2.75, 3.05) is 5.73 Å². The van der Waals surface area contributed by atoms with Crippen molar-refractivity contribution in [1.29, 1.82) is 0 Å². The zero-order valence-corrected chi connectivity index (χ0v) is 7.28. The third-order valence-corrected chi connectivity index (χ3v) is 3.31. The van der Waals surface area contributed by atoms with Crippen molar-refractivity contribution in [2.24, 2.45) is 0 Å². The zero-order valence-electron chi connectivity index (χ0n) is 4.31. The Labute approximate surface area is 65.4 Å². The highest BCUT2D eigenvalue weighted by molar-refractivity contribution is 14.1. The van der Waals surface area contributed by atoms with Crippen LogP contribution in [0.2, 0.25) is 0 Å². The molecule has 0 aromatic carbocycles. The number of hydrogen-bond acceptors (Lipinski definition) is 3. The summed E-state index contributed by atoms with van der Waals surface area (Å²) < 4.78 is 5.12. The van der Waals surface area contributed by atoms with Crippen LogP contribution in [0.5, 0.6) is 0 Å². The summed E-state index contributed by atoms with van der Waals surface area (Å²) in [5, 5.41) is 0.822. The Hall–Kier alpha value is 0.160. The number of hydrogen-bond donors (Lipinski definition) is 1. The molecule has 0 radical (unpaired) electrons. The highest BCUT2D eigenvalue weighted by Crippen LogP contribution is 2.21. The molecule has 1 rings (SSSR count). The summed E-state index contributed by atoms with van der Waals surface area (Å²) >= 11 is 3.54. The van der Waals surface area contributed by atoms with E-state index in [1.165, 1.54) is 11.5 Å². The second-order valence-electron chi connectivity index (χ2n) is 1.45. The van der Waals surface area contributed by atoms with Gasteiger partial charge in [-0.1, -0.05) is 0 Å². The lowest BCUT2D eigenvalue weighted by Gasteiger charge is -1.81. The summed E-state index contributed by atoms with van der Waals surface area (Å²) in [6, 6.07) is 0. The van der Waals surface area contributed by atoms with Crippen molar-refractivity contribution in [3.63, 3.8) is 0 Å². The van der Waals surface area contributed by atoms with E-state index in [4.69, 9.17) is 5.73 Å². The van der Waals surface area contributed by atoms with E-state index in [1.807, 2.05) is 6.92 Å². The number of nitrogen functional groups attached to an aromatic ring is 1. The van der Waals surface area contributed by atoms with Crippen LogP contribution in [-0.4, -0.2) is 4.37 Å². The number of aryl methyl sites for hydroxylation is 1. The molecule has 44 valence electrons. The third kappa shape index (κ3) is 0.947. The maximum Gasteiger partial charge on any atom is 0.120 e. The summed E-state index contributed by atoms with van der Waals surface area (Å²) in [4.78, 5) is 0. The fourth-order valence-corrected chi connectivity index (χ4v) is 1.51. The smallest absolute Gasteiger partial charge is 0.120 e. The molecule has 0 aliphatic rings. The summed E-state index contributed by atoms with van der Waals surface area (Å²) in [5.41, 5.74) is 6.52. The SMILES string of the molecule is Cc1nsc(N)c1I. The van der Waals surface area contributed by atoms with Gasteiger partial charge in [0.15, 0.2) is 0 Å². The van der Waals surface area contributed by atoms with Crippen molar-refractivity contribution >= 4 is 39.1 Å². The van der Waals surface area contributed by atoms with Crippen molar-refractivity contribution in [3.05, 3.63) is 9.26 Å². The largest absolute Gasteiger partial charge is 0.388 e. The molecule has 1 aromatic rings. The summed E-state index contributed by atoms with van der Waals surface area (Å²) in [6.45, 7) is 1.95. The molecule has 0 spiro atoms. The maximum atomic E-state index is 5.49. The van der Waals surface area contributed by atoms with E-state index in [2.05, 4.69) is 27.0 Å². The van der Waals surface area contributed by atoms with Gasteiger partial charge in [0, 0.05) is 0 Å². The molecule has 0 unspecified atom stereocenters. The van der Waals surface area contributed by atoms with E-state index in [0.717, 1.165) is 14.3 Å². The van der Waals surface area contributed by atoms with E-state index < -0.39 is 0 Å². The predicted octanol–water partition coefficient (Wildman–Crippen LogP) is 1.64. The third-order valence-electron chi connectivity index (χ3n) is 0.815. The molecule has 0 bridgehead atoms. The second kappa shape index (κ2) is 2.18. The van der Waals surface area contributed by atoms with E-state index in [0.29, 0.717) is 0 Å². The first-order valence-corrected chi connectivity index (χ1v) is 3.94. The molecule has 1 aromatic heterocycles. The van der Waals surface area contributed by atoms with Gasteiger partial charge in [0.1, 0.15) is 5.00 Å². The van der Waals surface area contributed by atoms with Crippen molar-refractivity contribution in [2.45, 2.75) is 6.92 Å². The minimum atomic E-state index is 0.822. The van der Waals surface area contributed by atoms with Crippen LogP contribution in [0.4, 0.5) is 5.00 Å². The molecule has 0 fully saturated rings. The molecule has 0 atom stereocenters. The molecule has 1 heterocycles. The van der Waals surface area contributed by atoms with E-state index in [1.54, 1.807) is 0 Å². The highest BCUT2D eigenvalue weighted by Gasteiger charge is 2.00. The minimum absolute atomic E-state index is 0.822. The van der Waals surface area contributed by atoms with Gasteiger partial charge >= 0.3 is 0 Å². The molecule has 0 aliphatic heterocycles. The number of anilines is 1. The summed E-state index contributed by atoms with van der Waals surface area (Å²) in [5.74, 6) is 0. The van der Waals surface area contributed by atoms with Gasteiger partial charge in [-0.3, -0.25) is 0 Å². The zero-order chi connectivity index (χ0) is 6.15. The average molecular weight is 240 g/mol. The van der Waals surface area contributed by atoms with Crippen molar-refractivity contribution < 1.29 is 0 Å². The second-order valence-corrected chi connectivity index (χ2v) is 3.33. The molecule has 0 aliphatic carbocycles. The topological polar surface area (TPSA) is 38.9 Å². The van der Waals surface area contributed by atoms with E-state index >= 15 is 0 Å². The molecule has 4 heteroatoms. The molecule has 0 amide bonds. The maximum absolute atomic E-state index is 5.49. The van der Waals surface area contributed by atoms with Gasteiger partial charge in [-0.25, -0.2) is 0 Å². The molecule has 2 N–H and O–H groups in total. The Bertz CT molecular complexity index is 176. The molecular formula is C4H5IN2S. The monoisotopic (exact) mass is 240 g/mol. The van der Waals surface area contributed by atoms with Crippen LogP contribution in [0.1, 0.15) is 5.69 Å². The van der Waals surface area contributed by atoms with Gasteiger partial charge < -0.3 is 5.73 Å².